The molecule has 1 fully saturated rings. The molecule has 0 aliphatic carbocycles. The Morgan fingerprint density at radius 1 is 0.864 bits per heavy atom. The quantitative estimate of drug-likeness (QED) is 0.788. The highest BCUT2D eigenvalue weighted by atomic mass is 15.5. The number of nitrogens with zero attached hydrogens (tertiary/aromatic N) is 2. The van der Waals surface area contributed by atoms with Gasteiger partial charge in [-0.1, -0.05) is 36.4 Å². The van der Waals surface area contributed by atoms with Gasteiger partial charge in [0.1, 0.15) is 0 Å². The molecule has 2 nitrogen and oxygen atoms in total. The predicted octanol–water partition coefficient (Wildman–Crippen LogP) is 4.75. The molecular weight excluding hydrogens is 268 g/mol. The molecule has 2 aromatic rings. The Balaban J connectivity index is 2.03. The summed E-state index contributed by atoms with van der Waals surface area (Å²) in [6.45, 7) is 12.4. The Kier molecular flexibility index (Phi) is 3.64. The Bertz CT molecular complexity index is 675. The second kappa shape index (κ2) is 5.35. The van der Waals surface area contributed by atoms with Crippen molar-refractivity contribution in [2.75, 3.05) is 16.3 Å². The monoisotopic (exact) mass is 294 g/mol. The largest absolute Gasteiger partial charge is 0.349 e. The molecule has 116 valence electrons. The van der Waals surface area contributed by atoms with Gasteiger partial charge in [-0.3, -0.25) is 0 Å². The van der Waals surface area contributed by atoms with Crippen molar-refractivity contribution in [1.29, 1.82) is 0 Å². The maximum atomic E-state index is 2.56. The van der Waals surface area contributed by atoms with E-state index < -0.39 is 0 Å². The lowest BCUT2D eigenvalue weighted by molar-refractivity contribution is 0.533. The summed E-state index contributed by atoms with van der Waals surface area (Å²) in [5, 5.41) is 0. The number of benzene rings is 2. The number of rotatable bonds is 2. The average Bonchev–Trinajstić information content (AvgIpc) is 2.70. The highest BCUT2D eigenvalue weighted by molar-refractivity contribution is 5.64. The standard InChI is InChI=1S/C20H26N2/c1-15-10-6-8-12-18(15)21-14-20(4,5)22(17(21)3)19-13-9-7-11-16(19)2/h6-13,17H,14H2,1-5H3. The van der Waals surface area contributed by atoms with Crippen LogP contribution in [-0.2, 0) is 0 Å². The normalized spacial score (nSPS) is 20.5. The van der Waals surface area contributed by atoms with Gasteiger partial charge < -0.3 is 9.80 Å². The third-order valence-electron chi connectivity index (χ3n) is 4.83. The van der Waals surface area contributed by atoms with E-state index in [1.165, 1.54) is 22.5 Å². The second-order valence-corrected chi connectivity index (χ2v) is 7.02. The van der Waals surface area contributed by atoms with Gasteiger partial charge in [-0.15, -0.1) is 0 Å². The van der Waals surface area contributed by atoms with Crippen molar-refractivity contribution in [3.63, 3.8) is 0 Å². The first-order chi connectivity index (χ1) is 10.4. The Hall–Kier alpha value is -1.96. The molecule has 1 aliphatic heterocycles. The molecule has 1 atom stereocenters. The van der Waals surface area contributed by atoms with Gasteiger partial charge in [0.15, 0.2) is 0 Å². The van der Waals surface area contributed by atoms with E-state index in [1.54, 1.807) is 0 Å². The van der Waals surface area contributed by atoms with Crippen molar-refractivity contribution < 1.29 is 0 Å². The first-order valence-corrected chi connectivity index (χ1v) is 8.09. The summed E-state index contributed by atoms with van der Waals surface area (Å²) in [6.07, 6.45) is 0.345. The van der Waals surface area contributed by atoms with Crippen LogP contribution in [-0.4, -0.2) is 18.2 Å². The Labute approximate surface area is 134 Å². The molecule has 0 radical (unpaired) electrons. The van der Waals surface area contributed by atoms with E-state index in [1.807, 2.05) is 0 Å². The van der Waals surface area contributed by atoms with Crippen LogP contribution in [0, 0.1) is 13.8 Å². The molecule has 1 saturated heterocycles. The van der Waals surface area contributed by atoms with Gasteiger partial charge in [0.25, 0.3) is 0 Å². The minimum absolute atomic E-state index is 0.105. The molecule has 22 heavy (non-hydrogen) atoms. The molecule has 1 aliphatic rings. The Morgan fingerprint density at radius 2 is 1.36 bits per heavy atom. The molecule has 1 unspecified atom stereocenters. The highest BCUT2D eigenvalue weighted by Crippen LogP contribution is 2.39. The van der Waals surface area contributed by atoms with Gasteiger partial charge in [0.05, 0.1) is 11.7 Å². The maximum absolute atomic E-state index is 2.56. The van der Waals surface area contributed by atoms with Crippen LogP contribution in [0.3, 0.4) is 0 Å². The summed E-state index contributed by atoms with van der Waals surface area (Å²) in [4.78, 5) is 5.09. The first-order valence-electron chi connectivity index (χ1n) is 8.09. The summed E-state index contributed by atoms with van der Waals surface area (Å²) in [5.74, 6) is 0. The average molecular weight is 294 g/mol. The van der Waals surface area contributed by atoms with Crippen LogP contribution in [0.15, 0.2) is 48.5 Å². The van der Waals surface area contributed by atoms with Crippen LogP contribution in [0.2, 0.25) is 0 Å². The van der Waals surface area contributed by atoms with E-state index in [2.05, 4.69) is 92.9 Å². The second-order valence-electron chi connectivity index (χ2n) is 7.02. The fourth-order valence-electron chi connectivity index (χ4n) is 3.80. The van der Waals surface area contributed by atoms with Gasteiger partial charge >= 0.3 is 0 Å². The van der Waals surface area contributed by atoms with E-state index in [0.29, 0.717) is 6.17 Å². The van der Waals surface area contributed by atoms with Crippen molar-refractivity contribution in [2.45, 2.75) is 46.3 Å². The van der Waals surface area contributed by atoms with Crippen molar-refractivity contribution in [3.05, 3.63) is 59.7 Å². The van der Waals surface area contributed by atoms with E-state index >= 15 is 0 Å². The van der Waals surface area contributed by atoms with Crippen LogP contribution >= 0.6 is 0 Å². The first kappa shape index (κ1) is 15.0. The molecular formula is C20H26N2. The zero-order valence-electron chi connectivity index (χ0n) is 14.3. The van der Waals surface area contributed by atoms with Crippen LogP contribution < -0.4 is 9.80 Å². The zero-order chi connectivity index (χ0) is 15.9. The van der Waals surface area contributed by atoms with Crippen LogP contribution in [0.1, 0.15) is 31.9 Å². The van der Waals surface area contributed by atoms with E-state index in [-0.39, 0.29) is 5.54 Å². The van der Waals surface area contributed by atoms with Crippen molar-refractivity contribution in [3.8, 4) is 0 Å². The fraction of sp³-hybridized carbons (Fsp3) is 0.400. The number of para-hydroxylation sites is 2. The highest BCUT2D eigenvalue weighted by Gasteiger charge is 2.43. The van der Waals surface area contributed by atoms with Gasteiger partial charge in [-0.05, 0) is 57.9 Å². The third-order valence-corrected chi connectivity index (χ3v) is 4.83. The molecule has 0 aromatic heterocycles. The van der Waals surface area contributed by atoms with Crippen molar-refractivity contribution in [1.82, 2.24) is 0 Å². The number of aryl methyl sites for hydroxylation is 2. The van der Waals surface area contributed by atoms with Crippen molar-refractivity contribution >= 4 is 11.4 Å². The van der Waals surface area contributed by atoms with E-state index in [0.717, 1.165) is 6.54 Å². The summed E-state index contributed by atoms with van der Waals surface area (Å²) in [7, 11) is 0. The number of hydrogen-bond acceptors (Lipinski definition) is 2. The minimum atomic E-state index is 0.105. The predicted molar refractivity (Wildman–Crippen MR) is 95.7 cm³/mol. The molecule has 2 heteroatoms. The SMILES string of the molecule is Cc1ccccc1N1CC(C)(C)N(c2ccccc2C)C1C. The van der Waals surface area contributed by atoms with Gasteiger partial charge in [0.2, 0.25) is 0 Å². The van der Waals surface area contributed by atoms with Crippen LogP contribution in [0.25, 0.3) is 0 Å². The molecule has 2 aromatic carbocycles. The topological polar surface area (TPSA) is 6.48 Å². The van der Waals surface area contributed by atoms with E-state index in [9.17, 15) is 0 Å². The fourth-order valence-corrected chi connectivity index (χ4v) is 3.80. The van der Waals surface area contributed by atoms with E-state index in [4.69, 9.17) is 0 Å². The smallest absolute Gasteiger partial charge is 0.0993 e. The van der Waals surface area contributed by atoms with Gasteiger partial charge in [-0.25, -0.2) is 0 Å². The molecule has 1 heterocycles. The van der Waals surface area contributed by atoms with Gasteiger partial charge in [-0.2, -0.15) is 0 Å². The summed E-state index contributed by atoms with van der Waals surface area (Å²) < 4.78 is 0. The summed E-state index contributed by atoms with van der Waals surface area (Å²) >= 11 is 0. The molecule has 0 spiro atoms. The van der Waals surface area contributed by atoms with Gasteiger partial charge in [0, 0.05) is 17.9 Å². The molecule has 3 rings (SSSR count). The lowest BCUT2D eigenvalue weighted by Gasteiger charge is -2.37. The lowest BCUT2D eigenvalue weighted by atomic mass is 10.0. The van der Waals surface area contributed by atoms with Crippen LogP contribution in [0.5, 0.6) is 0 Å². The van der Waals surface area contributed by atoms with Crippen molar-refractivity contribution in [2.24, 2.45) is 0 Å². The molecule has 0 N–H and O–H groups in total. The number of anilines is 2. The number of hydrogen-bond donors (Lipinski definition) is 0. The molecule has 0 bridgehead atoms. The Morgan fingerprint density at radius 3 is 1.91 bits per heavy atom. The summed E-state index contributed by atoms with van der Waals surface area (Å²) in [6, 6.07) is 17.4. The molecule has 0 amide bonds. The molecule has 0 saturated carbocycles. The minimum Gasteiger partial charge on any atom is -0.349 e. The maximum Gasteiger partial charge on any atom is 0.0993 e. The summed E-state index contributed by atoms with van der Waals surface area (Å²) in [5.41, 5.74) is 5.48. The lowest BCUT2D eigenvalue weighted by Crippen LogP contribution is -2.44. The zero-order valence-corrected chi connectivity index (χ0v) is 14.3. The van der Waals surface area contributed by atoms with Crippen LogP contribution in [0.4, 0.5) is 11.4 Å². The third kappa shape index (κ3) is 2.37.